The minimum atomic E-state index is 0.236. The van der Waals surface area contributed by atoms with Crippen molar-refractivity contribution < 1.29 is 9.84 Å². The first-order valence-electron chi connectivity index (χ1n) is 5.84. The number of alkyl halides is 1. The van der Waals surface area contributed by atoms with Crippen molar-refractivity contribution in [2.45, 2.75) is 42.7 Å². The fourth-order valence-corrected chi connectivity index (χ4v) is 2.86. The van der Waals surface area contributed by atoms with Gasteiger partial charge in [-0.1, -0.05) is 22.6 Å². The zero-order valence-electron chi connectivity index (χ0n) is 9.49. The number of rotatable bonds is 7. The van der Waals surface area contributed by atoms with Crippen molar-refractivity contribution >= 4 is 22.6 Å². The lowest BCUT2D eigenvalue weighted by Gasteiger charge is -2.26. The third kappa shape index (κ3) is 4.97. The standard InChI is InChI=1S/C11H22INO2/c1-10(12)13-6-2-4-11(13)5-9-15-8-3-7-14/h10-11,14H,2-9H2,1H3/t10?,11-/m0/s1. The summed E-state index contributed by atoms with van der Waals surface area (Å²) in [6.45, 7) is 5.27. The second-order valence-corrected chi connectivity index (χ2v) is 5.89. The predicted octanol–water partition coefficient (Wildman–Crippen LogP) is 2.02. The summed E-state index contributed by atoms with van der Waals surface area (Å²) in [5, 5.41) is 8.60. The van der Waals surface area contributed by atoms with Crippen LogP contribution in [0.3, 0.4) is 0 Å². The van der Waals surface area contributed by atoms with E-state index in [1.807, 2.05) is 0 Å². The molecule has 15 heavy (non-hydrogen) atoms. The Labute approximate surface area is 106 Å². The van der Waals surface area contributed by atoms with Gasteiger partial charge in [0.05, 0.1) is 4.05 Å². The zero-order chi connectivity index (χ0) is 11.1. The van der Waals surface area contributed by atoms with Crippen molar-refractivity contribution in [3.8, 4) is 0 Å². The Kier molecular flexibility index (Phi) is 7.12. The zero-order valence-corrected chi connectivity index (χ0v) is 11.6. The molecule has 1 heterocycles. The first kappa shape index (κ1) is 13.7. The molecule has 1 unspecified atom stereocenters. The molecule has 0 bridgehead atoms. The smallest absolute Gasteiger partial charge is 0.0592 e. The summed E-state index contributed by atoms with van der Waals surface area (Å²) in [6, 6.07) is 0.714. The largest absolute Gasteiger partial charge is 0.396 e. The molecular formula is C11H22INO2. The predicted molar refractivity (Wildman–Crippen MR) is 70.3 cm³/mol. The lowest BCUT2D eigenvalue weighted by Crippen LogP contribution is -2.34. The van der Waals surface area contributed by atoms with Gasteiger partial charge in [0.2, 0.25) is 0 Å². The van der Waals surface area contributed by atoms with E-state index >= 15 is 0 Å². The molecule has 2 atom stereocenters. The van der Waals surface area contributed by atoms with E-state index in [-0.39, 0.29) is 6.61 Å². The van der Waals surface area contributed by atoms with Crippen LogP contribution in [0.5, 0.6) is 0 Å². The Balaban J connectivity index is 2.09. The molecule has 0 aromatic carbocycles. The maximum Gasteiger partial charge on any atom is 0.0592 e. The van der Waals surface area contributed by atoms with Crippen LogP contribution in [-0.2, 0) is 4.74 Å². The summed E-state index contributed by atoms with van der Waals surface area (Å²) < 4.78 is 6.11. The number of ether oxygens (including phenoxy) is 1. The SMILES string of the molecule is CC(I)N1CCC[C@H]1CCOCCCO. The molecule has 4 heteroatoms. The molecule has 1 saturated heterocycles. The van der Waals surface area contributed by atoms with E-state index in [1.54, 1.807) is 0 Å². The van der Waals surface area contributed by atoms with Gasteiger partial charge in [0.15, 0.2) is 0 Å². The van der Waals surface area contributed by atoms with E-state index < -0.39 is 0 Å². The quantitative estimate of drug-likeness (QED) is 0.336. The average molecular weight is 327 g/mol. The van der Waals surface area contributed by atoms with Crippen molar-refractivity contribution in [3.05, 3.63) is 0 Å². The fourth-order valence-electron chi connectivity index (χ4n) is 2.12. The van der Waals surface area contributed by atoms with E-state index in [1.165, 1.54) is 19.4 Å². The van der Waals surface area contributed by atoms with Gasteiger partial charge in [0, 0.05) is 25.9 Å². The number of aliphatic hydroxyl groups is 1. The number of hydrogen-bond donors (Lipinski definition) is 1. The number of halogens is 1. The van der Waals surface area contributed by atoms with Crippen molar-refractivity contribution in [1.82, 2.24) is 4.90 Å². The maximum absolute atomic E-state index is 8.60. The fraction of sp³-hybridized carbons (Fsp3) is 1.00. The van der Waals surface area contributed by atoms with Crippen LogP contribution in [0.25, 0.3) is 0 Å². The van der Waals surface area contributed by atoms with Crippen LogP contribution in [0.15, 0.2) is 0 Å². The topological polar surface area (TPSA) is 32.7 Å². The molecule has 1 aliphatic rings. The summed E-state index contributed by atoms with van der Waals surface area (Å²) in [5.41, 5.74) is 0. The average Bonchev–Trinajstić information content (AvgIpc) is 2.66. The number of hydrogen-bond acceptors (Lipinski definition) is 3. The van der Waals surface area contributed by atoms with E-state index in [0.29, 0.717) is 16.7 Å². The molecule has 0 radical (unpaired) electrons. The minimum absolute atomic E-state index is 0.236. The highest BCUT2D eigenvalue weighted by molar-refractivity contribution is 14.1. The van der Waals surface area contributed by atoms with Gasteiger partial charge in [-0.05, 0) is 39.2 Å². The molecular weight excluding hydrogens is 305 g/mol. The van der Waals surface area contributed by atoms with E-state index in [4.69, 9.17) is 9.84 Å². The molecule has 90 valence electrons. The third-order valence-corrected chi connectivity index (χ3v) is 3.64. The Hall–Kier alpha value is 0.610. The summed E-state index contributed by atoms with van der Waals surface area (Å²) in [7, 11) is 0. The van der Waals surface area contributed by atoms with Crippen molar-refractivity contribution in [2.24, 2.45) is 0 Å². The molecule has 0 aromatic heterocycles. The highest BCUT2D eigenvalue weighted by Crippen LogP contribution is 2.24. The van der Waals surface area contributed by atoms with Crippen molar-refractivity contribution in [2.75, 3.05) is 26.4 Å². The summed E-state index contributed by atoms with van der Waals surface area (Å²) >= 11 is 2.49. The van der Waals surface area contributed by atoms with Gasteiger partial charge in [-0.15, -0.1) is 0 Å². The van der Waals surface area contributed by atoms with Gasteiger partial charge >= 0.3 is 0 Å². The Morgan fingerprint density at radius 2 is 2.33 bits per heavy atom. The molecule has 0 spiro atoms. The van der Waals surface area contributed by atoms with Gasteiger partial charge in [-0.25, -0.2) is 0 Å². The molecule has 0 saturated carbocycles. The van der Waals surface area contributed by atoms with Crippen molar-refractivity contribution in [1.29, 1.82) is 0 Å². The monoisotopic (exact) mass is 327 g/mol. The summed E-state index contributed by atoms with van der Waals surface area (Å²) in [5.74, 6) is 0. The Bertz CT molecular complexity index is 167. The summed E-state index contributed by atoms with van der Waals surface area (Å²) in [4.78, 5) is 2.57. The molecule has 0 aliphatic carbocycles. The van der Waals surface area contributed by atoms with Gasteiger partial charge in [0.1, 0.15) is 0 Å². The highest BCUT2D eigenvalue weighted by Gasteiger charge is 2.26. The Morgan fingerprint density at radius 1 is 1.53 bits per heavy atom. The van der Waals surface area contributed by atoms with Gasteiger partial charge < -0.3 is 9.84 Å². The van der Waals surface area contributed by atoms with Gasteiger partial charge in [-0.3, -0.25) is 4.90 Å². The number of nitrogens with zero attached hydrogens (tertiary/aromatic N) is 1. The van der Waals surface area contributed by atoms with Gasteiger partial charge in [0.25, 0.3) is 0 Å². The maximum atomic E-state index is 8.60. The molecule has 1 rings (SSSR count). The molecule has 0 aromatic rings. The lowest BCUT2D eigenvalue weighted by atomic mass is 10.1. The van der Waals surface area contributed by atoms with E-state index in [9.17, 15) is 0 Å². The van der Waals surface area contributed by atoms with Crippen LogP contribution in [-0.4, -0.2) is 46.5 Å². The molecule has 1 N–H and O–H groups in total. The summed E-state index contributed by atoms with van der Waals surface area (Å²) in [6.07, 6.45) is 4.54. The van der Waals surface area contributed by atoms with Crippen LogP contribution < -0.4 is 0 Å². The minimum Gasteiger partial charge on any atom is -0.396 e. The van der Waals surface area contributed by atoms with Crippen LogP contribution in [0.4, 0.5) is 0 Å². The number of aliphatic hydroxyl groups excluding tert-OH is 1. The first-order chi connectivity index (χ1) is 7.25. The molecule has 1 fully saturated rings. The normalized spacial score (nSPS) is 24.6. The van der Waals surface area contributed by atoms with Crippen LogP contribution in [0.1, 0.15) is 32.6 Å². The molecule has 0 amide bonds. The van der Waals surface area contributed by atoms with E-state index in [0.717, 1.165) is 19.4 Å². The van der Waals surface area contributed by atoms with Crippen molar-refractivity contribution in [3.63, 3.8) is 0 Å². The first-order valence-corrected chi connectivity index (χ1v) is 7.08. The second-order valence-electron chi connectivity index (χ2n) is 4.09. The van der Waals surface area contributed by atoms with Gasteiger partial charge in [-0.2, -0.15) is 0 Å². The lowest BCUT2D eigenvalue weighted by molar-refractivity contribution is 0.0958. The number of likely N-dealkylation sites (tertiary alicyclic amines) is 1. The van der Waals surface area contributed by atoms with Crippen LogP contribution in [0, 0.1) is 0 Å². The molecule has 1 aliphatic heterocycles. The van der Waals surface area contributed by atoms with Crippen LogP contribution in [0.2, 0.25) is 0 Å². The second kappa shape index (κ2) is 7.81. The Morgan fingerprint density at radius 3 is 3.00 bits per heavy atom. The molecule has 3 nitrogen and oxygen atoms in total. The highest BCUT2D eigenvalue weighted by atomic mass is 127. The van der Waals surface area contributed by atoms with Crippen LogP contribution >= 0.6 is 22.6 Å². The third-order valence-electron chi connectivity index (χ3n) is 2.92. The van der Waals surface area contributed by atoms with E-state index in [2.05, 4.69) is 34.4 Å².